The number of Topliss-reactive ketones (excluding diaryl/α,β-unsaturated/α-hetero) is 2. The Balaban J connectivity index is 3.04. The van der Waals surface area contributed by atoms with E-state index >= 15 is 0 Å². The summed E-state index contributed by atoms with van der Waals surface area (Å²) in [5.41, 5.74) is 6.49. The lowest BCUT2D eigenvalue weighted by atomic mass is 9.98. The molecule has 0 saturated heterocycles. The molecule has 1 rings (SSSR count). The Bertz CT molecular complexity index is 538. The summed E-state index contributed by atoms with van der Waals surface area (Å²) in [5.74, 6) is -0.522. The van der Waals surface area contributed by atoms with E-state index in [2.05, 4.69) is 5.32 Å². The number of nitrogens with one attached hydrogen (secondary N) is 1. The van der Waals surface area contributed by atoms with Crippen molar-refractivity contribution in [2.45, 2.75) is 33.1 Å². The largest absolute Gasteiger partial charge is 0.352 e. The van der Waals surface area contributed by atoms with Crippen LogP contribution < -0.4 is 11.1 Å². The number of carbonyl (C=O) groups is 3. The maximum atomic E-state index is 12.1. The zero-order valence-corrected chi connectivity index (χ0v) is 12.6. The number of benzene rings is 1. The van der Waals surface area contributed by atoms with E-state index in [-0.39, 0.29) is 17.5 Å². The van der Waals surface area contributed by atoms with Crippen LogP contribution in [-0.2, 0) is 0 Å². The van der Waals surface area contributed by atoms with E-state index in [1.165, 1.54) is 13.0 Å². The van der Waals surface area contributed by atoms with Gasteiger partial charge in [0.1, 0.15) is 0 Å². The number of carbonyl (C=O) groups excluding carboxylic acids is 3. The second kappa shape index (κ2) is 8.32. The first-order valence-electron chi connectivity index (χ1n) is 7.17. The summed E-state index contributed by atoms with van der Waals surface area (Å²) in [6.07, 6.45) is 1.80. The fraction of sp³-hybridized carbons (Fsp3) is 0.438. The van der Waals surface area contributed by atoms with Crippen molar-refractivity contribution < 1.29 is 14.4 Å². The quantitative estimate of drug-likeness (QED) is 0.565. The molecular weight excluding hydrogens is 268 g/mol. The van der Waals surface area contributed by atoms with Crippen LogP contribution in [0.3, 0.4) is 0 Å². The molecule has 0 aliphatic carbocycles. The van der Waals surface area contributed by atoms with Gasteiger partial charge in [-0.25, -0.2) is 0 Å². The molecule has 0 atom stereocenters. The highest BCUT2D eigenvalue weighted by molar-refractivity contribution is 6.05. The summed E-state index contributed by atoms with van der Waals surface area (Å²) in [6.45, 7) is 4.29. The third-order valence-electron chi connectivity index (χ3n) is 3.07. The van der Waals surface area contributed by atoms with Gasteiger partial charge in [0.2, 0.25) is 0 Å². The van der Waals surface area contributed by atoms with Crippen LogP contribution in [0.25, 0.3) is 0 Å². The van der Waals surface area contributed by atoms with Crippen molar-refractivity contribution in [1.82, 2.24) is 5.32 Å². The molecule has 5 nitrogen and oxygen atoms in total. The first kappa shape index (κ1) is 17.0. The Morgan fingerprint density at radius 2 is 1.71 bits per heavy atom. The van der Waals surface area contributed by atoms with E-state index in [0.717, 1.165) is 6.42 Å². The lowest BCUT2D eigenvalue weighted by Crippen LogP contribution is -2.26. The molecule has 5 heteroatoms. The van der Waals surface area contributed by atoms with E-state index in [9.17, 15) is 14.4 Å². The molecule has 114 valence electrons. The molecule has 0 spiro atoms. The molecule has 1 aromatic carbocycles. The topological polar surface area (TPSA) is 89.3 Å². The molecule has 21 heavy (non-hydrogen) atoms. The van der Waals surface area contributed by atoms with Crippen molar-refractivity contribution in [1.29, 1.82) is 0 Å². The SMILES string of the molecule is CCCC(=O)c1cc(C(C)=O)cc(C(=O)NCCCN)c1. The summed E-state index contributed by atoms with van der Waals surface area (Å²) >= 11 is 0. The lowest BCUT2D eigenvalue weighted by molar-refractivity contribution is 0.0953. The molecule has 1 aromatic rings. The Kier molecular flexibility index (Phi) is 6.75. The van der Waals surface area contributed by atoms with E-state index in [4.69, 9.17) is 5.73 Å². The Morgan fingerprint density at radius 1 is 1.10 bits per heavy atom. The van der Waals surface area contributed by atoms with Crippen LogP contribution in [0.4, 0.5) is 0 Å². The molecule has 3 N–H and O–H groups in total. The zero-order chi connectivity index (χ0) is 15.8. The van der Waals surface area contributed by atoms with Crippen LogP contribution in [0.1, 0.15) is 64.2 Å². The van der Waals surface area contributed by atoms with Crippen LogP contribution in [0.15, 0.2) is 18.2 Å². The Hall–Kier alpha value is -2.01. The standard InChI is InChI=1S/C16H22N2O3/c1-3-5-15(20)13-8-12(11(2)19)9-14(10-13)16(21)18-7-4-6-17/h8-10H,3-7,17H2,1-2H3,(H,18,21). The number of hydrogen-bond acceptors (Lipinski definition) is 4. The molecule has 0 fully saturated rings. The van der Waals surface area contributed by atoms with Gasteiger partial charge in [0.05, 0.1) is 0 Å². The highest BCUT2D eigenvalue weighted by Gasteiger charge is 2.14. The number of nitrogens with two attached hydrogens (primary N) is 1. The van der Waals surface area contributed by atoms with Gasteiger partial charge in [0, 0.05) is 29.7 Å². The highest BCUT2D eigenvalue weighted by atomic mass is 16.2. The van der Waals surface area contributed by atoms with Crippen molar-refractivity contribution in [3.8, 4) is 0 Å². The summed E-state index contributed by atoms with van der Waals surface area (Å²) in [4.78, 5) is 35.6. The molecule has 0 saturated carbocycles. The molecule has 0 aliphatic heterocycles. The summed E-state index contributed by atoms with van der Waals surface area (Å²) in [6, 6.07) is 4.61. The normalized spacial score (nSPS) is 10.2. The fourth-order valence-electron chi connectivity index (χ4n) is 1.90. The van der Waals surface area contributed by atoms with Crippen LogP contribution in [0.5, 0.6) is 0 Å². The summed E-state index contributed by atoms with van der Waals surface area (Å²) in [7, 11) is 0. The van der Waals surface area contributed by atoms with E-state index in [1.807, 2.05) is 6.92 Å². The van der Waals surface area contributed by atoms with Gasteiger partial charge in [0.15, 0.2) is 11.6 Å². The van der Waals surface area contributed by atoms with Crippen molar-refractivity contribution in [3.05, 3.63) is 34.9 Å². The number of rotatable bonds is 8. The van der Waals surface area contributed by atoms with Crippen LogP contribution in [0.2, 0.25) is 0 Å². The molecule has 0 aliphatic rings. The molecular formula is C16H22N2O3. The fourth-order valence-corrected chi connectivity index (χ4v) is 1.90. The smallest absolute Gasteiger partial charge is 0.251 e. The molecule has 0 aromatic heterocycles. The molecule has 0 heterocycles. The molecule has 0 bridgehead atoms. The van der Waals surface area contributed by atoms with Gasteiger partial charge in [-0.1, -0.05) is 6.92 Å². The number of ketones is 2. The lowest BCUT2D eigenvalue weighted by Gasteiger charge is -2.08. The third kappa shape index (κ3) is 5.11. The van der Waals surface area contributed by atoms with Crippen LogP contribution in [-0.4, -0.2) is 30.6 Å². The minimum absolute atomic E-state index is 0.0587. The van der Waals surface area contributed by atoms with Gasteiger partial charge >= 0.3 is 0 Å². The zero-order valence-electron chi connectivity index (χ0n) is 12.6. The molecule has 1 amide bonds. The van der Waals surface area contributed by atoms with Crippen LogP contribution >= 0.6 is 0 Å². The van der Waals surface area contributed by atoms with Gasteiger partial charge < -0.3 is 11.1 Å². The van der Waals surface area contributed by atoms with Crippen molar-refractivity contribution in [2.24, 2.45) is 5.73 Å². The Labute approximate surface area is 124 Å². The predicted molar refractivity (Wildman–Crippen MR) is 81.7 cm³/mol. The van der Waals surface area contributed by atoms with Crippen LogP contribution in [0, 0.1) is 0 Å². The van der Waals surface area contributed by atoms with Crippen molar-refractivity contribution >= 4 is 17.5 Å². The first-order chi connectivity index (χ1) is 9.99. The summed E-state index contributed by atoms with van der Waals surface area (Å²) < 4.78 is 0. The monoisotopic (exact) mass is 290 g/mol. The maximum absolute atomic E-state index is 12.1. The average Bonchev–Trinajstić information content (AvgIpc) is 2.47. The second-order valence-corrected chi connectivity index (χ2v) is 4.93. The highest BCUT2D eigenvalue weighted by Crippen LogP contribution is 2.14. The first-order valence-corrected chi connectivity index (χ1v) is 7.17. The van der Waals surface area contributed by atoms with E-state index in [0.29, 0.717) is 42.6 Å². The minimum Gasteiger partial charge on any atom is -0.352 e. The molecule has 0 radical (unpaired) electrons. The van der Waals surface area contributed by atoms with E-state index < -0.39 is 0 Å². The second-order valence-electron chi connectivity index (χ2n) is 4.93. The van der Waals surface area contributed by atoms with Gasteiger partial charge in [-0.15, -0.1) is 0 Å². The third-order valence-corrected chi connectivity index (χ3v) is 3.07. The van der Waals surface area contributed by atoms with Crippen molar-refractivity contribution in [3.63, 3.8) is 0 Å². The average molecular weight is 290 g/mol. The summed E-state index contributed by atoms with van der Waals surface area (Å²) in [5, 5.41) is 2.72. The Morgan fingerprint density at radius 3 is 2.29 bits per heavy atom. The molecule has 0 unspecified atom stereocenters. The van der Waals surface area contributed by atoms with E-state index in [1.54, 1.807) is 12.1 Å². The van der Waals surface area contributed by atoms with Gasteiger partial charge in [-0.2, -0.15) is 0 Å². The minimum atomic E-state index is -0.294. The van der Waals surface area contributed by atoms with Gasteiger partial charge in [-0.05, 0) is 44.5 Å². The van der Waals surface area contributed by atoms with Gasteiger partial charge in [-0.3, -0.25) is 14.4 Å². The van der Waals surface area contributed by atoms with Gasteiger partial charge in [0.25, 0.3) is 5.91 Å². The predicted octanol–water partition coefficient (Wildman–Crippen LogP) is 1.95. The number of hydrogen-bond donors (Lipinski definition) is 2. The maximum Gasteiger partial charge on any atom is 0.251 e. The van der Waals surface area contributed by atoms with Crippen molar-refractivity contribution in [2.75, 3.05) is 13.1 Å². The number of amides is 1.